The third kappa shape index (κ3) is 5.93. The fraction of sp³-hybridized carbons (Fsp3) is 0.318. The normalized spacial score (nSPS) is 17.6. The number of carbonyl (C=O) groups excluding carboxylic acids is 1. The van der Waals surface area contributed by atoms with Crippen LogP contribution in [0.2, 0.25) is 10.0 Å². The molecule has 3 rings (SSSR count). The molecule has 6 nitrogen and oxygen atoms in total. The zero-order chi connectivity index (χ0) is 22.6. The molecule has 0 saturated carbocycles. The first-order valence-electron chi connectivity index (χ1n) is 9.57. The van der Waals surface area contributed by atoms with Crippen LogP contribution >= 0.6 is 23.2 Å². The SMILES string of the molecule is COc1ccc(CN(C(=O)/C=C/c2ccc(Cl)cc2Cl)C2CCS(=O)(=O)C2)cc1OC. The average molecular weight is 484 g/mol. The first kappa shape index (κ1) is 23.4. The van der Waals surface area contributed by atoms with E-state index in [1.54, 1.807) is 48.4 Å². The van der Waals surface area contributed by atoms with E-state index in [0.29, 0.717) is 33.5 Å². The second kappa shape index (κ2) is 9.94. The van der Waals surface area contributed by atoms with Crippen molar-refractivity contribution >= 4 is 45.0 Å². The van der Waals surface area contributed by atoms with Gasteiger partial charge >= 0.3 is 0 Å². The summed E-state index contributed by atoms with van der Waals surface area (Å²) in [5, 5.41) is 0.922. The maximum Gasteiger partial charge on any atom is 0.247 e. The van der Waals surface area contributed by atoms with E-state index in [0.717, 1.165) is 5.56 Å². The van der Waals surface area contributed by atoms with Gasteiger partial charge in [-0.3, -0.25) is 4.79 Å². The quantitative estimate of drug-likeness (QED) is 0.550. The van der Waals surface area contributed by atoms with Crippen molar-refractivity contribution < 1.29 is 22.7 Å². The van der Waals surface area contributed by atoms with E-state index < -0.39 is 15.9 Å². The molecule has 166 valence electrons. The Morgan fingerprint density at radius 3 is 2.48 bits per heavy atom. The van der Waals surface area contributed by atoms with Gasteiger partial charge in [-0.2, -0.15) is 0 Å². The molecule has 0 aromatic heterocycles. The molecule has 1 saturated heterocycles. The van der Waals surface area contributed by atoms with Gasteiger partial charge in [0.05, 0.1) is 25.7 Å². The van der Waals surface area contributed by atoms with Crippen LogP contribution in [0.1, 0.15) is 17.5 Å². The molecule has 1 aliphatic rings. The third-order valence-corrected chi connectivity index (χ3v) is 7.41. The van der Waals surface area contributed by atoms with E-state index >= 15 is 0 Å². The molecular weight excluding hydrogens is 461 g/mol. The number of rotatable bonds is 7. The Morgan fingerprint density at radius 2 is 1.87 bits per heavy atom. The molecule has 2 aromatic carbocycles. The summed E-state index contributed by atoms with van der Waals surface area (Å²) < 4.78 is 34.7. The minimum Gasteiger partial charge on any atom is -0.493 e. The van der Waals surface area contributed by atoms with Gasteiger partial charge in [-0.1, -0.05) is 35.3 Å². The number of methoxy groups -OCH3 is 2. The second-order valence-electron chi connectivity index (χ2n) is 7.21. The van der Waals surface area contributed by atoms with Crippen LogP contribution in [0.25, 0.3) is 6.08 Å². The second-order valence-corrected chi connectivity index (χ2v) is 10.3. The number of nitrogens with zero attached hydrogens (tertiary/aromatic N) is 1. The van der Waals surface area contributed by atoms with Crippen LogP contribution < -0.4 is 9.47 Å². The summed E-state index contributed by atoms with van der Waals surface area (Å²) >= 11 is 12.1. The summed E-state index contributed by atoms with van der Waals surface area (Å²) in [6.07, 6.45) is 3.41. The van der Waals surface area contributed by atoms with Gasteiger partial charge in [-0.25, -0.2) is 8.42 Å². The lowest BCUT2D eigenvalue weighted by molar-refractivity contribution is -0.128. The van der Waals surface area contributed by atoms with Crippen LogP contribution in [0, 0.1) is 0 Å². The molecule has 1 heterocycles. The molecule has 31 heavy (non-hydrogen) atoms. The van der Waals surface area contributed by atoms with Gasteiger partial charge in [0.2, 0.25) is 5.91 Å². The standard InChI is InChI=1S/C22H23Cl2NO5S/c1-29-20-7-3-15(11-21(20)30-2)13-25(18-9-10-31(27,28)14-18)22(26)8-5-16-4-6-17(23)12-19(16)24/h3-8,11-12,18H,9-10,13-14H2,1-2H3/b8-5+. The molecule has 1 amide bonds. The molecule has 0 bridgehead atoms. The first-order chi connectivity index (χ1) is 14.7. The van der Waals surface area contributed by atoms with Gasteiger partial charge in [0, 0.05) is 28.7 Å². The molecule has 1 atom stereocenters. The average Bonchev–Trinajstić information content (AvgIpc) is 3.10. The number of carbonyl (C=O) groups is 1. The molecule has 9 heteroatoms. The van der Waals surface area contributed by atoms with Gasteiger partial charge < -0.3 is 14.4 Å². The highest BCUT2D eigenvalue weighted by molar-refractivity contribution is 7.91. The van der Waals surface area contributed by atoms with E-state index in [1.807, 2.05) is 6.07 Å². The van der Waals surface area contributed by atoms with Gasteiger partial charge in [-0.15, -0.1) is 0 Å². The Morgan fingerprint density at radius 1 is 1.13 bits per heavy atom. The van der Waals surface area contributed by atoms with Crippen molar-refractivity contribution in [2.24, 2.45) is 0 Å². The van der Waals surface area contributed by atoms with E-state index in [2.05, 4.69) is 0 Å². The van der Waals surface area contributed by atoms with Crippen LogP contribution in [-0.2, 0) is 21.2 Å². The van der Waals surface area contributed by atoms with Crippen molar-refractivity contribution in [3.8, 4) is 11.5 Å². The molecule has 0 aliphatic carbocycles. The smallest absolute Gasteiger partial charge is 0.247 e. The van der Waals surface area contributed by atoms with Crippen LogP contribution in [0.5, 0.6) is 11.5 Å². The van der Waals surface area contributed by atoms with Crippen LogP contribution in [0.15, 0.2) is 42.5 Å². The highest BCUT2D eigenvalue weighted by Crippen LogP contribution is 2.29. The number of ether oxygens (including phenoxy) is 2. The first-order valence-corrected chi connectivity index (χ1v) is 12.1. The van der Waals surface area contributed by atoms with Crippen molar-refractivity contribution in [3.05, 3.63) is 63.6 Å². The van der Waals surface area contributed by atoms with Crippen molar-refractivity contribution in [2.75, 3.05) is 25.7 Å². The largest absolute Gasteiger partial charge is 0.493 e. The van der Waals surface area contributed by atoms with E-state index in [1.165, 1.54) is 13.2 Å². The number of benzene rings is 2. The summed E-state index contributed by atoms with van der Waals surface area (Å²) in [5.41, 5.74) is 1.44. The molecule has 0 radical (unpaired) electrons. The van der Waals surface area contributed by atoms with Gasteiger partial charge in [0.15, 0.2) is 21.3 Å². The monoisotopic (exact) mass is 483 g/mol. The lowest BCUT2D eigenvalue weighted by Crippen LogP contribution is -2.39. The summed E-state index contributed by atoms with van der Waals surface area (Å²) in [6.45, 7) is 0.234. The minimum absolute atomic E-state index is 0.0540. The van der Waals surface area contributed by atoms with E-state index in [9.17, 15) is 13.2 Å². The Labute approximate surface area is 192 Å². The number of sulfone groups is 1. The van der Waals surface area contributed by atoms with Crippen LogP contribution in [0.3, 0.4) is 0 Å². The lowest BCUT2D eigenvalue weighted by atomic mass is 10.1. The highest BCUT2D eigenvalue weighted by atomic mass is 35.5. The molecule has 1 unspecified atom stereocenters. The highest BCUT2D eigenvalue weighted by Gasteiger charge is 2.34. The van der Waals surface area contributed by atoms with Crippen molar-refractivity contribution in [1.82, 2.24) is 4.90 Å². The molecule has 1 aliphatic heterocycles. The van der Waals surface area contributed by atoms with Crippen molar-refractivity contribution in [1.29, 1.82) is 0 Å². The topological polar surface area (TPSA) is 72.9 Å². The molecule has 2 aromatic rings. The van der Waals surface area contributed by atoms with Crippen molar-refractivity contribution in [2.45, 2.75) is 19.0 Å². The fourth-order valence-electron chi connectivity index (χ4n) is 3.48. The lowest BCUT2D eigenvalue weighted by Gasteiger charge is -2.27. The summed E-state index contributed by atoms with van der Waals surface area (Å²) in [5.74, 6) is 0.824. The number of halogens is 2. The number of hydrogen-bond donors (Lipinski definition) is 0. The maximum atomic E-state index is 13.1. The van der Waals surface area contributed by atoms with Crippen LogP contribution in [0.4, 0.5) is 0 Å². The number of hydrogen-bond acceptors (Lipinski definition) is 5. The molecular formula is C22H23Cl2NO5S. The van der Waals surface area contributed by atoms with Crippen LogP contribution in [-0.4, -0.2) is 51.0 Å². The third-order valence-electron chi connectivity index (χ3n) is 5.10. The summed E-state index contributed by atoms with van der Waals surface area (Å²) in [6, 6.07) is 9.95. The molecule has 1 fully saturated rings. The summed E-state index contributed by atoms with van der Waals surface area (Å²) in [4.78, 5) is 14.7. The van der Waals surface area contributed by atoms with Gasteiger partial charge in [0.25, 0.3) is 0 Å². The van der Waals surface area contributed by atoms with Gasteiger partial charge in [-0.05, 0) is 47.9 Å². The number of amides is 1. The Bertz CT molecular complexity index is 1100. The van der Waals surface area contributed by atoms with E-state index in [-0.39, 0.29) is 24.0 Å². The zero-order valence-electron chi connectivity index (χ0n) is 17.2. The zero-order valence-corrected chi connectivity index (χ0v) is 19.5. The van der Waals surface area contributed by atoms with Crippen molar-refractivity contribution in [3.63, 3.8) is 0 Å². The minimum atomic E-state index is -3.17. The summed E-state index contributed by atoms with van der Waals surface area (Å²) in [7, 11) is -0.0873. The Balaban J connectivity index is 1.87. The molecule has 0 N–H and O–H groups in total. The Kier molecular flexibility index (Phi) is 7.51. The predicted molar refractivity (Wildman–Crippen MR) is 123 cm³/mol. The fourth-order valence-corrected chi connectivity index (χ4v) is 5.68. The predicted octanol–water partition coefficient (Wildman–Crippen LogP) is 4.24. The Hall–Kier alpha value is -2.22. The van der Waals surface area contributed by atoms with Gasteiger partial charge in [0.1, 0.15) is 0 Å². The van der Waals surface area contributed by atoms with E-state index in [4.69, 9.17) is 32.7 Å². The molecule has 0 spiro atoms. The maximum absolute atomic E-state index is 13.1.